The second-order valence-electron chi connectivity index (χ2n) is 8.33. The van der Waals surface area contributed by atoms with Gasteiger partial charge < -0.3 is 14.7 Å². The third kappa shape index (κ3) is 5.48. The van der Waals surface area contributed by atoms with Gasteiger partial charge in [0, 0.05) is 35.5 Å². The molecule has 1 atom stereocenters. The minimum Gasteiger partial charge on any atom is -0.476 e. The van der Waals surface area contributed by atoms with Gasteiger partial charge in [0.25, 0.3) is 0 Å². The Morgan fingerprint density at radius 2 is 1.94 bits per heavy atom. The second-order valence-corrected chi connectivity index (χ2v) is 10.4. The first-order valence-electron chi connectivity index (χ1n) is 10.8. The van der Waals surface area contributed by atoms with Crippen molar-refractivity contribution in [3.05, 3.63) is 60.4 Å². The average molecular weight is 482 g/mol. The van der Waals surface area contributed by atoms with Gasteiger partial charge in [0.2, 0.25) is 5.83 Å². The SMILES string of the molecule is CCCCC1(CC)CN(c2ccccc2)c2cc(F)c(OC=C(F)C(=O)O)cc2S(O)(O)C1. The number of fused-ring (bicyclic) bond motifs is 1. The summed E-state index contributed by atoms with van der Waals surface area (Å²) in [5.74, 6) is -4.73. The van der Waals surface area contributed by atoms with Gasteiger partial charge in [-0.1, -0.05) is 44.9 Å². The highest BCUT2D eigenvalue weighted by Crippen LogP contribution is 2.61. The number of aliphatic carboxylic acids is 1. The maximum absolute atomic E-state index is 15.0. The molecule has 0 saturated carbocycles. The maximum Gasteiger partial charge on any atom is 0.368 e. The number of ether oxygens (including phenoxy) is 1. The molecule has 1 aliphatic heterocycles. The molecule has 0 fully saturated rings. The van der Waals surface area contributed by atoms with Gasteiger partial charge in [0.05, 0.1) is 10.6 Å². The van der Waals surface area contributed by atoms with Crippen molar-refractivity contribution in [1.82, 2.24) is 0 Å². The van der Waals surface area contributed by atoms with E-state index in [9.17, 15) is 22.7 Å². The third-order valence-corrected chi connectivity index (χ3v) is 8.08. The fraction of sp³-hybridized carbons (Fsp3) is 0.375. The van der Waals surface area contributed by atoms with Crippen molar-refractivity contribution in [3.8, 4) is 5.75 Å². The van der Waals surface area contributed by atoms with E-state index in [1.165, 1.54) is 0 Å². The van der Waals surface area contributed by atoms with Crippen LogP contribution in [0.1, 0.15) is 39.5 Å². The average Bonchev–Trinajstić information content (AvgIpc) is 2.88. The molecule has 0 saturated heterocycles. The van der Waals surface area contributed by atoms with Crippen molar-refractivity contribution in [3.63, 3.8) is 0 Å². The lowest BCUT2D eigenvalue weighted by Crippen LogP contribution is -2.37. The Balaban J connectivity index is 2.17. The van der Waals surface area contributed by atoms with Crippen LogP contribution in [0.4, 0.5) is 20.2 Å². The molecular formula is C24H29F2NO5S. The lowest BCUT2D eigenvalue weighted by Gasteiger charge is -2.41. The predicted octanol–water partition coefficient (Wildman–Crippen LogP) is 6.95. The minimum absolute atomic E-state index is 0.0821. The Bertz CT molecular complexity index is 1030. The van der Waals surface area contributed by atoms with E-state index in [-0.39, 0.29) is 16.9 Å². The first-order valence-corrected chi connectivity index (χ1v) is 12.5. The number of hydrogen-bond acceptors (Lipinski definition) is 5. The number of anilines is 2. The molecule has 0 spiro atoms. The number of unbranched alkanes of at least 4 members (excludes halogenated alkanes) is 1. The summed E-state index contributed by atoms with van der Waals surface area (Å²) in [6, 6.07) is 11.6. The standard InChI is InChI=1S/C24H29F2NO5S/c1-3-5-11-24(4-2)15-27(17-9-7-6-8-10-17)20-12-18(25)21(32-14-19(26)23(28)29)13-22(20)33(30,31)16-24/h6-10,12-14,30-31H,3-5,11,15-16H2,1-2H3,(H,28,29). The number of para-hydroxylation sites is 1. The highest BCUT2D eigenvalue weighted by Gasteiger charge is 2.42. The molecule has 3 rings (SSSR count). The Morgan fingerprint density at radius 3 is 2.55 bits per heavy atom. The van der Waals surface area contributed by atoms with E-state index in [0.29, 0.717) is 18.7 Å². The lowest BCUT2D eigenvalue weighted by atomic mass is 9.81. The Morgan fingerprint density at radius 1 is 1.24 bits per heavy atom. The van der Waals surface area contributed by atoms with Gasteiger partial charge in [-0.05, 0) is 25.0 Å². The summed E-state index contributed by atoms with van der Waals surface area (Å²) in [5.41, 5.74) is 0.631. The minimum atomic E-state index is -3.38. The molecule has 2 aromatic carbocycles. The first-order chi connectivity index (χ1) is 15.6. The highest BCUT2D eigenvalue weighted by atomic mass is 32.3. The predicted molar refractivity (Wildman–Crippen MR) is 126 cm³/mol. The quantitative estimate of drug-likeness (QED) is 0.279. The molecule has 1 unspecified atom stereocenters. The van der Waals surface area contributed by atoms with Crippen LogP contribution in [0.15, 0.2) is 59.4 Å². The van der Waals surface area contributed by atoms with Crippen LogP contribution in [0.2, 0.25) is 0 Å². The molecule has 3 N–H and O–H groups in total. The molecule has 0 radical (unpaired) electrons. The summed E-state index contributed by atoms with van der Waals surface area (Å²) < 4.78 is 55.8. The molecule has 0 aliphatic carbocycles. The molecule has 33 heavy (non-hydrogen) atoms. The fourth-order valence-electron chi connectivity index (χ4n) is 4.16. The van der Waals surface area contributed by atoms with Crippen LogP contribution < -0.4 is 9.64 Å². The molecule has 0 amide bonds. The van der Waals surface area contributed by atoms with Crippen LogP contribution in [-0.4, -0.2) is 32.5 Å². The van der Waals surface area contributed by atoms with Gasteiger partial charge in [0.1, 0.15) is 6.26 Å². The number of halogens is 2. The van der Waals surface area contributed by atoms with Crippen LogP contribution in [0, 0.1) is 11.2 Å². The number of nitrogens with zero attached hydrogens (tertiary/aromatic N) is 1. The fourth-order valence-corrected chi connectivity index (χ4v) is 6.40. The molecule has 0 bridgehead atoms. The van der Waals surface area contributed by atoms with Gasteiger partial charge in [-0.2, -0.15) is 15.0 Å². The molecule has 6 nitrogen and oxygen atoms in total. The monoisotopic (exact) mass is 481 g/mol. The Hall–Kier alpha value is -2.62. The number of carboxylic acids is 1. The van der Waals surface area contributed by atoms with Crippen molar-refractivity contribution in [2.45, 2.75) is 44.4 Å². The Kier molecular flexibility index (Phi) is 7.66. The molecule has 9 heteroatoms. The zero-order chi connectivity index (χ0) is 24.2. The van der Waals surface area contributed by atoms with E-state index in [4.69, 9.17) is 9.84 Å². The van der Waals surface area contributed by atoms with Gasteiger partial charge in [-0.15, -0.1) is 0 Å². The van der Waals surface area contributed by atoms with E-state index in [1.807, 2.05) is 42.2 Å². The van der Waals surface area contributed by atoms with Crippen molar-refractivity contribution < 1.29 is 32.5 Å². The number of hydrogen-bond donors (Lipinski definition) is 3. The van der Waals surface area contributed by atoms with Crippen molar-refractivity contribution in [2.75, 3.05) is 17.2 Å². The number of rotatable bonds is 8. The summed E-state index contributed by atoms with van der Waals surface area (Å²) in [7, 11) is -3.38. The van der Waals surface area contributed by atoms with Crippen molar-refractivity contribution in [1.29, 1.82) is 0 Å². The van der Waals surface area contributed by atoms with Crippen molar-refractivity contribution >= 4 is 27.9 Å². The van der Waals surface area contributed by atoms with Gasteiger partial charge >= 0.3 is 5.97 Å². The Labute approximate surface area is 193 Å². The first kappa shape index (κ1) is 25.0. The van der Waals surface area contributed by atoms with Crippen LogP contribution in [-0.2, 0) is 4.79 Å². The molecule has 180 valence electrons. The van der Waals surface area contributed by atoms with Gasteiger partial charge in [-0.25, -0.2) is 9.18 Å². The van der Waals surface area contributed by atoms with E-state index in [0.717, 1.165) is 37.1 Å². The third-order valence-electron chi connectivity index (χ3n) is 6.03. The van der Waals surface area contributed by atoms with Gasteiger partial charge in [-0.3, -0.25) is 9.11 Å². The maximum atomic E-state index is 15.0. The van der Waals surface area contributed by atoms with Crippen LogP contribution in [0.25, 0.3) is 0 Å². The summed E-state index contributed by atoms with van der Waals surface area (Å²) in [6.07, 6.45) is 3.60. The highest BCUT2D eigenvalue weighted by molar-refractivity contribution is 8.24. The van der Waals surface area contributed by atoms with E-state index >= 15 is 0 Å². The zero-order valence-electron chi connectivity index (χ0n) is 18.6. The topological polar surface area (TPSA) is 90.2 Å². The van der Waals surface area contributed by atoms with Crippen LogP contribution in [0.3, 0.4) is 0 Å². The smallest absolute Gasteiger partial charge is 0.368 e. The largest absolute Gasteiger partial charge is 0.476 e. The lowest BCUT2D eigenvalue weighted by molar-refractivity contribution is -0.134. The molecular weight excluding hydrogens is 452 g/mol. The second kappa shape index (κ2) is 10.1. The summed E-state index contributed by atoms with van der Waals surface area (Å²) in [5, 5.41) is 8.66. The van der Waals surface area contributed by atoms with E-state index < -0.39 is 39.4 Å². The van der Waals surface area contributed by atoms with Crippen molar-refractivity contribution in [2.24, 2.45) is 5.41 Å². The number of benzene rings is 2. The molecule has 1 heterocycles. The van der Waals surface area contributed by atoms with Gasteiger partial charge in [0.15, 0.2) is 11.6 Å². The number of carboxylic acid groups (broad SMARTS) is 1. The summed E-state index contributed by atoms with van der Waals surface area (Å²) in [6.45, 7) is 4.55. The van der Waals surface area contributed by atoms with Crippen LogP contribution >= 0.6 is 10.6 Å². The van der Waals surface area contributed by atoms with Crippen LogP contribution in [0.5, 0.6) is 5.75 Å². The number of carbonyl (C=O) groups is 1. The normalized spacial score (nSPS) is 21.2. The zero-order valence-corrected chi connectivity index (χ0v) is 19.4. The molecule has 0 aromatic heterocycles. The molecule has 1 aliphatic rings. The van der Waals surface area contributed by atoms with E-state index in [1.54, 1.807) is 0 Å². The van der Waals surface area contributed by atoms with E-state index in [2.05, 4.69) is 6.92 Å². The molecule has 2 aromatic rings. The summed E-state index contributed by atoms with van der Waals surface area (Å²) in [4.78, 5) is 12.6. The summed E-state index contributed by atoms with van der Waals surface area (Å²) >= 11 is 0.